The number of pyridine rings is 1. The Morgan fingerprint density at radius 2 is 2.03 bits per heavy atom. The highest BCUT2D eigenvalue weighted by atomic mass is 35.5. The molecule has 2 aliphatic heterocycles. The predicted molar refractivity (Wildman–Crippen MR) is 119 cm³/mol. The fraction of sp³-hybridized carbons (Fsp3) is 0.478. The summed E-state index contributed by atoms with van der Waals surface area (Å²) in [7, 11) is 1.66. The van der Waals surface area contributed by atoms with Crippen LogP contribution in [0.25, 0.3) is 11.3 Å². The Hall–Kier alpha value is -2.51. The number of fused-ring (bicyclic) bond motifs is 6. The zero-order valence-electron chi connectivity index (χ0n) is 18.0. The number of methoxy groups -OCH3 is 1. The summed E-state index contributed by atoms with van der Waals surface area (Å²) in [5.41, 5.74) is 2.36. The van der Waals surface area contributed by atoms with Gasteiger partial charge in [0.2, 0.25) is 0 Å². The molecule has 166 valence electrons. The van der Waals surface area contributed by atoms with E-state index in [4.69, 9.17) is 25.8 Å². The van der Waals surface area contributed by atoms with E-state index in [9.17, 15) is 9.59 Å². The smallest absolute Gasteiger partial charge is 0.343 e. The highest BCUT2D eigenvalue weighted by molar-refractivity contribution is 6.32. The molecule has 2 aliphatic rings. The Kier molecular flexibility index (Phi) is 6.25. The molecule has 4 rings (SSSR count). The summed E-state index contributed by atoms with van der Waals surface area (Å²) in [4.78, 5) is 25.1. The molecule has 0 aliphatic carbocycles. The number of halogens is 1. The third-order valence-corrected chi connectivity index (χ3v) is 6.19. The van der Waals surface area contributed by atoms with E-state index in [1.165, 1.54) is 6.07 Å². The number of benzene rings is 1. The van der Waals surface area contributed by atoms with Gasteiger partial charge >= 0.3 is 5.97 Å². The molecule has 0 bridgehead atoms. The topological polar surface area (TPSA) is 70.0 Å². The molecule has 0 spiro atoms. The van der Waals surface area contributed by atoms with E-state index in [2.05, 4.69) is 11.9 Å². The lowest BCUT2D eigenvalue weighted by molar-refractivity contribution is 0.0523. The Balaban J connectivity index is 1.80. The molecule has 2 atom stereocenters. The van der Waals surface area contributed by atoms with Crippen LogP contribution in [0.1, 0.15) is 55.1 Å². The first kappa shape index (κ1) is 21.7. The second kappa shape index (κ2) is 8.93. The van der Waals surface area contributed by atoms with Gasteiger partial charge in [0.05, 0.1) is 30.0 Å². The molecule has 2 aromatic rings. The van der Waals surface area contributed by atoms with Gasteiger partial charge in [-0.05, 0) is 44.4 Å². The minimum absolute atomic E-state index is 0.0380. The summed E-state index contributed by atoms with van der Waals surface area (Å²) in [6.45, 7) is 5.22. The molecule has 8 heteroatoms. The van der Waals surface area contributed by atoms with Crippen LogP contribution in [0, 0.1) is 0 Å². The van der Waals surface area contributed by atoms with Crippen LogP contribution in [-0.4, -0.2) is 43.6 Å². The van der Waals surface area contributed by atoms with Crippen LogP contribution < -0.4 is 15.2 Å². The number of ether oxygens (including phenoxy) is 3. The van der Waals surface area contributed by atoms with Gasteiger partial charge in [-0.3, -0.25) is 9.47 Å². The maximum absolute atomic E-state index is 12.7. The number of hydrogen-bond donors (Lipinski definition) is 0. The standard InChI is InChI=1S/C23H27ClN2O5/c1-4-30-23(28)17-13-25-20(12-21(17)27)15-10-18(24)22(31-9-5-8-29-3)11-16(15)19-7-6-14(2)26(19)25/h10-14,19H,4-9H2,1-3H3/t14-,19+/m1/s1. The molecule has 0 unspecified atom stereocenters. The molecule has 0 saturated carbocycles. The van der Waals surface area contributed by atoms with Crippen molar-refractivity contribution in [1.29, 1.82) is 0 Å². The molecule has 1 fully saturated rings. The van der Waals surface area contributed by atoms with Crippen molar-refractivity contribution >= 4 is 17.6 Å². The Labute approximate surface area is 186 Å². The Morgan fingerprint density at radius 1 is 1.23 bits per heavy atom. The summed E-state index contributed by atoms with van der Waals surface area (Å²) in [5.74, 6) is 0.0322. The zero-order chi connectivity index (χ0) is 22.1. The number of aromatic nitrogens is 1. The largest absolute Gasteiger partial charge is 0.492 e. The van der Waals surface area contributed by atoms with Crippen LogP contribution in [-0.2, 0) is 9.47 Å². The van der Waals surface area contributed by atoms with E-state index < -0.39 is 5.97 Å². The zero-order valence-corrected chi connectivity index (χ0v) is 18.8. The van der Waals surface area contributed by atoms with Crippen molar-refractivity contribution in [1.82, 2.24) is 4.68 Å². The van der Waals surface area contributed by atoms with Gasteiger partial charge in [-0.25, -0.2) is 4.79 Å². The lowest BCUT2D eigenvalue weighted by Gasteiger charge is -2.40. The normalized spacial score (nSPS) is 18.9. The van der Waals surface area contributed by atoms with E-state index in [1.54, 1.807) is 20.2 Å². The maximum atomic E-state index is 12.7. The monoisotopic (exact) mass is 446 g/mol. The molecule has 1 saturated heterocycles. The third kappa shape index (κ3) is 3.92. The summed E-state index contributed by atoms with van der Waals surface area (Å²) >= 11 is 6.54. The van der Waals surface area contributed by atoms with Crippen molar-refractivity contribution in [3.05, 3.63) is 50.8 Å². The van der Waals surface area contributed by atoms with Crippen LogP contribution in [0.15, 0.2) is 29.2 Å². The fourth-order valence-corrected chi connectivity index (χ4v) is 4.69. The molecule has 0 radical (unpaired) electrons. The average molecular weight is 447 g/mol. The van der Waals surface area contributed by atoms with Gasteiger partial charge in [-0.1, -0.05) is 11.6 Å². The molecular weight excluding hydrogens is 420 g/mol. The molecule has 3 heterocycles. The molecule has 1 aromatic heterocycles. The van der Waals surface area contributed by atoms with Gasteiger partial charge in [0.15, 0.2) is 5.43 Å². The third-order valence-electron chi connectivity index (χ3n) is 5.89. The van der Waals surface area contributed by atoms with Gasteiger partial charge < -0.3 is 19.2 Å². The molecule has 0 amide bonds. The van der Waals surface area contributed by atoms with Crippen LogP contribution in [0.2, 0.25) is 5.02 Å². The van der Waals surface area contributed by atoms with E-state index in [-0.39, 0.29) is 29.7 Å². The van der Waals surface area contributed by atoms with Gasteiger partial charge in [-0.15, -0.1) is 0 Å². The minimum atomic E-state index is -0.602. The highest BCUT2D eigenvalue weighted by Crippen LogP contribution is 2.46. The van der Waals surface area contributed by atoms with Crippen LogP contribution in [0.4, 0.5) is 0 Å². The number of rotatable bonds is 7. The highest BCUT2D eigenvalue weighted by Gasteiger charge is 2.39. The van der Waals surface area contributed by atoms with Gasteiger partial charge in [0.25, 0.3) is 0 Å². The Bertz CT molecular complexity index is 1050. The first-order chi connectivity index (χ1) is 15.0. The quantitative estimate of drug-likeness (QED) is 0.474. The van der Waals surface area contributed by atoms with E-state index >= 15 is 0 Å². The minimum Gasteiger partial charge on any atom is -0.492 e. The average Bonchev–Trinajstić information content (AvgIpc) is 3.13. The second-order valence-electron chi connectivity index (χ2n) is 7.89. The number of carbonyl (C=O) groups excluding carboxylic acids is 1. The van der Waals surface area contributed by atoms with Crippen LogP contribution in [0.3, 0.4) is 0 Å². The molecular formula is C23H27ClN2O5. The van der Waals surface area contributed by atoms with Crippen LogP contribution in [0.5, 0.6) is 5.75 Å². The van der Waals surface area contributed by atoms with Gasteiger partial charge in [0, 0.05) is 44.0 Å². The van der Waals surface area contributed by atoms with Crippen molar-refractivity contribution in [2.75, 3.05) is 31.9 Å². The lowest BCUT2D eigenvalue weighted by Crippen LogP contribution is -2.43. The first-order valence-corrected chi connectivity index (χ1v) is 11.0. The van der Waals surface area contributed by atoms with Crippen molar-refractivity contribution in [2.24, 2.45) is 0 Å². The van der Waals surface area contributed by atoms with Crippen LogP contribution >= 0.6 is 11.6 Å². The molecule has 0 N–H and O–H groups in total. The first-order valence-electron chi connectivity index (χ1n) is 10.6. The van der Waals surface area contributed by atoms with Gasteiger partial charge in [-0.2, -0.15) is 0 Å². The van der Waals surface area contributed by atoms with Crippen molar-refractivity contribution < 1.29 is 19.0 Å². The number of carbonyl (C=O) groups is 1. The second-order valence-corrected chi connectivity index (χ2v) is 8.30. The lowest BCUT2D eigenvalue weighted by atomic mass is 9.94. The molecule has 1 aromatic carbocycles. The van der Waals surface area contributed by atoms with E-state index in [1.807, 2.05) is 16.8 Å². The summed E-state index contributed by atoms with van der Waals surface area (Å²) in [6.07, 6.45) is 4.33. The summed E-state index contributed by atoms with van der Waals surface area (Å²) in [6, 6.07) is 5.71. The summed E-state index contributed by atoms with van der Waals surface area (Å²) in [5, 5.41) is 2.71. The summed E-state index contributed by atoms with van der Waals surface area (Å²) < 4.78 is 18.0. The molecule has 31 heavy (non-hydrogen) atoms. The molecule has 7 nitrogen and oxygen atoms in total. The van der Waals surface area contributed by atoms with E-state index in [0.717, 1.165) is 30.4 Å². The van der Waals surface area contributed by atoms with Crippen molar-refractivity contribution in [2.45, 2.75) is 45.2 Å². The number of hydrogen-bond acceptors (Lipinski definition) is 6. The van der Waals surface area contributed by atoms with E-state index in [0.29, 0.717) is 29.7 Å². The SMILES string of the molecule is CCOC(=O)c1cn2c(cc1=O)-c1cc(Cl)c(OCCCOC)cc1[C@@H]1CC[C@@H](C)N12. The number of nitrogens with zero attached hydrogens (tertiary/aromatic N) is 2. The predicted octanol–water partition coefficient (Wildman–Crippen LogP) is 3.94. The Morgan fingerprint density at radius 3 is 2.77 bits per heavy atom. The fourth-order valence-electron chi connectivity index (χ4n) is 4.47. The van der Waals surface area contributed by atoms with Crippen molar-refractivity contribution in [3.8, 4) is 17.0 Å². The van der Waals surface area contributed by atoms with Crippen molar-refractivity contribution in [3.63, 3.8) is 0 Å². The van der Waals surface area contributed by atoms with Gasteiger partial charge in [0.1, 0.15) is 11.3 Å². The maximum Gasteiger partial charge on any atom is 0.343 e. The number of esters is 1.